The Morgan fingerprint density at radius 2 is 1.17 bits per heavy atom. The van der Waals surface area contributed by atoms with Crippen molar-refractivity contribution >= 4 is 0 Å². The van der Waals surface area contributed by atoms with Gasteiger partial charge in [0.1, 0.15) is 12.2 Å². The number of aliphatic hydroxyl groups excluding tert-OH is 1. The molecule has 4 rings (SSSR count). The molecular weight excluding hydrogens is 438 g/mol. The quantitative estimate of drug-likeness (QED) is 0.397. The first-order valence-electron chi connectivity index (χ1n) is 12.2. The molecule has 0 radical (unpaired) electrons. The lowest BCUT2D eigenvalue weighted by atomic mass is 9.98. The van der Waals surface area contributed by atoms with E-state index >= 15 is 0 Å². The molecule has 1 aliphatic rings. The van der Waals surface area contributed by atoms with Gasteiger partial charge in [-0.2, -0.15) is 0 Å². The van der Waals surface area contributed by atoms with Crippen LogP contribution in [0.1, 0.15) is 23.1 Å². The van der Waals surface area contributed by atoms with Crippen molar-refractivity contribution in [1.29, 1.82) is 0 Å². The van der Waals surface area contributed by atoms with Gasteiger partial charge in [-0.3, -0.25) is 0 Å². The van der Waals surface area contributed by atoms with E-state index in [2.05, 4.69) is 11.9 Å². The normalized spacial score (nSPS) is 24.5. The van der Waals surface area contributed by atoms with Crippen LogP contribution in [0.2, 0.25) is 0 Å². The van der Waals surface area contributed by atoms with Crippen LogP contribution in [0.15, 0.2) is 104 Å². The van der Waals surface area contributed by atoms with Crippen molar-refractivity contribution in [2.75, 3.05) is 6.54 Å². The number of hydrogen-bond acceptors (Lipinski definition) is 5. The summed E-state index contributed by atoms with van der Waals surface area (Å²) in [5.41, 5.74) is 3.19. The van der Waals surface area contributed by atoms with Crippen LogP contribution in [0, 0.1) is 0 Å². The van der Waals surface area contributed by atoms with Crippen LogP contribution in [0.4, 0.5) is 0 Å². The Morgan fingerprint density at radius 1 is 0.714 bits per heavy atom. The Bertz CT molecular complexity index is 999. The van der Waals surface area contributed by atoms with Crippen LogP contribution in [-0.4, -0.2) is 42.1 Å². The molecule has 0 aliphatic carbocycles. The number of benzene rings is 3. The Balaban J connectivity index is 1.57. The van der Waals surface area contributed by atoms with E-state index in [1.165, 1.54) is 0 Å². The van der Waals surface area contributed by atoms with Gasteiger partial charge in [0, 0.05) is 12.6 Å². The lowest BCUT2D eigenvalue weighted by Gasteiger charge is -2.34. The van der Waals surface area contributed by atoms with Gasteiger partial charge in [0.25, 0.3) is 0 Å². The van der Waals surface area contributed by atoms with E-state index in [1.807, 2.05) is 97.1 Å². The van der Waals surface area contributed by atoms with E-state index in [-0.39, 0.29) is 12.1 Å². The highest BCUT2D eigenvalue weighted by Crippen LogP contribution is 2.25. The molecule has 0 unspecified atom stereocenters. The topological polar surface area (TPSA) is 60.0 Å². The molecule has 3 aromatic carbocycles. The van der Waals surface area contributed by atoms with Crippen molar-refractivity contribution in [2.24, 2.45) is 0 Å². The molecule has 35 heavy (non-hydrogen) atoms. The predicted octanol–water partition coefficient (Wildman–Crippen LogP) is 4.65. The summed E-state index contributed by atoms with van der Waals surface area (Å²) in [6.45, 7) is 5.64. The third-order valence-electron chi connectivity index (χ3n) is 6.32. The van der Waals surface area contributed by atoms with Crippen molar-refractivity contribution in [2.45, 2.75) is 56.7 Å². The van der Waals surface area contributed by atoms with Gasteiger partial charge in [0.15, 0.2) is 0 Å². The first-order valence-corrected chi connectivity index (χ1v) is 12.2. The lowest BCUT2D eigenvalue weighted by Crippen LogP contribution is -2.50. The number of ether oxygens (including phenoxy) is 3. The molecular formula is C30H35NO4. The Hall–Kier alpha value is -2.80. The van der Waals surface area contributed by atoms with E-state index in [0.717, 1.165) is 16.7 Å². The Labute approximate surface area is 208 Å². The summed E-state index contributed by atoms with van der Waals surface area (Å²) < 4.78 is 19.3. The molecule has 0 bridgehead atoms. The van der Waals surface area contributed by atoms with Crippen LogP contribution in [0.3, 0.4) is 0 Å². The Kier molecular flexibility index (Phi) is 9.64. The molecule has 0 spiro atoms. The van der Waals surface area contributed by atoms with Crippen LogP contribution < -0.4 is 5.32 Å². The maximum Gasteiger partial charge on any atom is 0.114 e. The summed E-state index contributed by atoms with van der Waals surface area (Å²) >= 11 is 0. The van der Waals surface area contributed by atoms with Crippen LogP contribution in [0.25, 0.3) is 0 Å². The summed E-state index contributed by atoms with van der Waals surface area (Å²) in [6, 6.07) is 29.9. The Morgan fingerprint density at radius 3 is 1.66 bits per heavy atom. The van der Waals surface area contributed by atoms with Crippen LogP contribution >= 0.6 is 0 Å². The highest BCUT2D eigenvalue weighted by Gasteiger charge is 2.43. The zero-order valence-electron chi connectivity index (χ0n) is 20.0. The average Bonchev–Trinajstić information content (AvgIpc) is 3.03. The van der Waals surface area contributed by atoms with Crippen molar-refractivity contribution < 1.29 is 19.3 Å². The van der Waals surface area contributed by atoms with Gasteiger partial charge in [-0.05, 0) is 23.1 Å². The van der Waals surface area contributed by atoms with Gasteiger partial charge in [-0.25, -0.2) is 0 Å². The minimum Gasteiger partial charge on any atom is -0.389 e. The second kappa shape index (κ2) is 13.3. The zero-order valence-corrected chi connectivity index (χ0v) is 20.0. The van der Waals surface area contributed by atoms with Crippen LogP contribution in [-0.2, 0) is 34.0 Å². The molecule has 0 aromatic heterocycles. The van der Waals surface area contributed by atoms with Gasteiger partial charge < -0.3 is 24.6 Å². The summed E-state index contributed by atoms with van der Waals surface area (Å²) in [6.07, 6.45) is 0.273. The fraction of sp³-hybridized carbons (Fsp3) is 0.333. The molecule has 5 atom stereocenters. The second-order valence-corrected chi connectivity index (χ2v) is 8.89. The minimum absolute atomic E-state index is 0.207. The van der Waals surface area contributed by atoms with Gasteiger partial charge in [0.05, 0.1) is 32.0 Å². The molecule has 0 amide bonds. The highest BCUT2D eigenvalue weighted by molar-refractivity contribution is 5.15. The number of hydrogen-bond donors (Lipinski definition) is 2. The number of nitrogens with one attached hydrogen (secondary N) is 1. The molecule has 5 nitrogen and oxygen atoms in total. The number of aliphatic hydroxyl groups is 1. The predicted molar refractivity (Wildman–Crippen MR) is 138 cm³/mol. The molecule has 1 saturated heterocycles. The molecule has 1 aliphatic heterocycles. The molecule has 5 heteroatoms. The smallest absolute Gasteiger partial charge is 0.114 e. The monoisotopic (exact) mass is 473 g/mol. The fourth-order valence-corrected chi connectivity index (χ4v) is 4.40. The van der Waals surface area contributed by atoms with E-state index < -0.39 is 18.3 Å². The summed E-state index contributed by atoms with van der Waals surface area (Å²) in [4.78, 5) is 0. The minimum atomic E-state index is -0.789. The molecule has 0 saturated carbocycles. The fourth-order valence-electron chi connectivity index (χ4n) is 4.40. The van der Waals surface area contributed by atoms with Crippen molar-refractivity contribution in [3.8, 4) is 0 Å². The molecule has 3 aromatic rings. The summed E-state index contributed by atoms with van der Waals surface area (Å²) in [7, 11) is 0. The van der Waals surface area contributed by atoms with Crippen LogP contribution in [0.5, 0.6) is 0 Å². The largest absolute Gasteiger partial charge is 0.389 e. The van der Waals surface area contributed by atoms with Crippen molar-refractivity contribution in [1.82, 2.24) is 5.32 Å². The third kappa shape index (κ3) is 7.34. The maximum atomic E-state index is 11.4. The van der Waals surface area contributed by atoms with E-state index in [4.69, 9.17) is 14.2 Å². The SMILES string of the molecule is C=CC[C@@H]1NC[C@@H](OCc2ccccc2)[C@@H](OCc2ccccc2)[C@H](OCc2ccccc2)[C@H]1O. The molecule has 184 valence electrons. The van der Waals surface area contributed by atoms with Gasteiger partial charge in [-0.15, -0.1) is 6.58 Å². The summed E-state index contributed by atoms with van der Waals surface area (Å²) in [5.74, 6) is 0. The molecule has 1 fully saturated rings. The number of rotatable bonds is 11. The van der Waals surface area contributed by atoms with Gasteiger partial charge in [-0.1, -0.05) is 97.1 Å². The highest BCUT2D eigenvalue weighted by atomic mass is 16.6. The van der Waals surface area contributed by atoms with Crippen molar-refractivity contribution in [3.05, 3.63) is 120 Å². The van der Waals surface area contributed by atoms with E-state index in [0.29, 0.717) is 32.8 Å². The lowest BCUT2D eigenvalue weighted by molar-refractivity contribution is -0.171. The van der Waals surface area contributed by atoms with E-state index in [1.54, 1.807) is 0 Å². The van der Waals surface area contributed by atoms with E-state index in [9.17, 15) is 5.11 Å². The first kappa shape index (κ1) is 25.3. The molecule has 2 N–H and O–H groups in total. The zero-order chi connectivity index (χ0) is 24.3. The summed E-state index contributed by atoms with van der Waals surface area (Å²) in [5, 5.41) is 14.9. The van der Waals surface area contributed by atoms with Gasteiger partial charge in [0.2, 0.25) is 0 Å². The second-order valence-electron chi connectivity index (χ2n) is 8.89. The van der Waals surface area contributed by atoms with Gasteiger partial charge >= 0.3 is 0 Å². The third-order valence-corrected chi connectivity index (χ3v) is 6.32. The molecule has 1 heterocycles. The standard InChI is InChI=1S/C30H35NO4/c1-2-12-26-28(32)30(35-22-25-17-10-5-11-18-25)29(34-21-24-15-8-4-9-16-24)27(19-31-26)33-20-23-13-6-3-7-14-23/h2-11,13-18,26-32H,1,12,19-22H2/t26-,27+,28-,29+,30+/m0/s1. The first-order chi connectivity index (χ1) is 17.2. The maximum absolute atomic E-state index is 11.4. The average molecular weight is 474 g/mol. The van der Waals surface area contributed by atoms with Crippen molar-refractivity contribution in [3.63, 3.8) is 0 Å².